The molecule has 0 bridgehead atoms. The van der Waals surface area contributed by atoms with E-state index in [1.165, 1.54) is 6.08 Å². The monoisotopic (exact) mass is 284 g/mol. The molecule has 0 aromatic carbocycles. The summed E-state index contributed by atoms with van der Waals surface area (Å²) in [6.45, 7) is 6.94. The van der Waals surface area contributed by atoms with E-state index in [0.29, 0.717) is 39.4 Å². The van der Waals surface area contributed by atoms with Gasteiger partial charge in [-0.3, -0.25) is 9.69 Å². The van der Waals surface area contributed by atoms with Crippen LogP contribution in [0.3, 0.4) is 0 Å². The quantitative estimate of drug-likeness (QED) is 0.725. The molecule has 7 nitrogen and oxygen atoms in total. The Kier molecular flexibility index (Phi) is 4.61. The van der Waals surface area contributed by atoms with Crippen LogP contribution in [0.15, 0.2) is 12.7 Å². The molecule has 1 amide bonds. The second kappa shape index (κ2) is 6.23. The van der Waals surface area contributed by atoms with Gasteiger partial charge in [-0.25, -0.2) is 4.79 Å². The van der Waals surface area contributed by atoms with Crippen molar-refractivity contribution in [2.24, 2.45) is 0 Å². The highest BCUT2D eigenvalue weighted by Gasteiger charge is 2.46. The Morgan fingerprint density at radius 2 is 1.95 bits per heavy atom. The number of hydrogen-bond donors (Lipinski definition) is 1. The van der Waals surface area contributed by atoms with Crippen molar-refractivity contribution in [1.29, 1.82) is 0 Å². The Bertz CT molecular complexity index is 386. The van der Waals surface area contributed by atoms with E-state index in [2.05, 4.69) is 11.5 Å². The Morgan fingerprint density at radius 1 is 1.30 bits per heavy atom. The molecule has 0 spiro atoms. The molecule has 0 aromatic heterocycles. The topological polar surface area (TPSA) is 79.3 Å². The number of carbonyl (C=O) groups is 2. The van der Waals surface area contributed by atoms with Gasteiger partial charge in [0.05, 0.1) is 25.2 Å². The molecule has 2 aliphatic rings. The zero-order chi connectivity index (χ0) is 14.6. The summed E-state index contributed by atoms with van der Waals surface area (Å²) in [6, 6.07) is 0. The number of amides is 1. The number of rotatable bonds is 5. The van der Waals surface area contributed by atoms with Gasteiger partial charge >= 0.3 is 12.1 Å². The molecule has 2 saturated heterocycles. The van der Waals surface area contributed by atoms with Crippen LogP contribution < -0.4 is 0 Å². The fourth-order valence-corrected chi connectivity index (χ4v) is 2.60. The number of carboxylic acid groups (broad SMARTS) is 1. The molecule has 2 aliphatic heterocycles. The number of piperazine rings is 1. The van der Waals surface area contributed by atoms with E-state index in [1.54, 1.807) is 4.90 Å². The lowest BCUT2D eigenvalue weighted by Crippen LogP contribution is -2.67. The third kappa shape index (κ3) is 3.10. The lowest BCUT2D eigenvalue weighted by molar-refractivity contribution is -0.170. The van der Waals surface area contributed by atoms with Crippen LogP contribution in [-0.2, 0) is 14.3 Å². The van der Waals surface area contributed by atoms with Crippen molar-refractivity contribution in [1.82, 2.24) is 9.80 Å². The first-order valence-corrected chi connectivity index (χ1v) is 6.64. The third-order valence-corrected chi connectivity index (χ3v) is 3.76. The number of carbonyl (C=O) groups excluding carboxylic acids is 1. The van der Waals surface area contributed by atoms with Gasteiger partial charge in [-0.2, -0.15) is 0 Å². The van der Waals surface area contributed by atoms with Crippen molar-refractivity contribution in [3.05, 3.63) is 12.7 Å². The first-order chi connectivity index (χ1) is 9.57. The lowest BCUT2D eigenvalue weighted by atomic mass is 9.90. The van der Waals surface area contributed by atoms with Gasteiger partial charge in [-0.15, -0.1) is 0 Å². The third-order valence-electron chi connectivity index (χ3n) is 3.76. The maximum atomic E-state index is 11.7. The average molecular weight is 284 g/mol. The van der Waals surface area contributed by atoms with Gasteiger partial charge in [0.15, 0.2) is 0 Å². The van der Waals surface area contributed by atoms with E-state index in [4.69, 9.17) is 14.6 Å². The van der Waals surface area contributed by atoms with E-state index in [-0.39, 0.29) is 19.1 Å². The molecular weight excluding hydrogens is 264 g/mol. The average Bonchev–Trinajstić information content (AvgIpc) is 2.40. The molecule has 7 heteroatoms. The Hall–Kier alpha value is -1.60. The SMILES string of the molecule is C=CCOC(=O)N1CCN(C2(CC(=O)O)COC2)CC1. The minimum absolute atomic E-state index is 0.0773. The van der Waals surface area contributed by atoms with Crippen LogP contribution in [-0.4, -0.2) is 78.5 Å². The largest absolute Gasteiger partial charge is 0.481 e. The molecule has 2 rings (SSSR count). The van der Waals surface area contributed by atoms with E-state index in [1.807, 2.05) is 0 Å². The number of nitrogens with zero attached hydrogens (tertiary/aromatic N) is 2. The van der Waals surface area contributed by atoms with Gasteiger partial charge in [-0.05, 0) is 0 Å². The highest BCUT2D eigenvalue weighted by atomic mass is 16.6. The van der Waals surface area contributed by atoms with Gasteiger partial charge in [0, 0.05) is 26.2 Å². The van der Waals surface area contributed by atoms with Crippen LogP contribution in [0.4, 0.5) is 4.79 Å². The smallest absolute Gasteiger partial charge is 0.410 e. The lowest BCUT2D eigenvalue weighted by Gasteiger charge is -2.51. The van der Waals surface area contributed by atoms with Gasteiger partial charge in [0.25, 0.3) is 0 Å². The molecule has 0 unspecified atom stereocenters. The van der Waals surface area contributed by atoms with Gasteiger partial charge in [0.2, 0.25) is 0 Å². The highest BCUT2D eigenvalue weighted by Crippen LogP contribution is 2.30. The molecule has 0 radical (unpaired) electrons. The van der Waals surface area contributed by atoms with Crippen molar-refractivity contribution in [3.63, 3.8) is 0 Å². The van der Waals surface area contributed by atoms with Gasteiger partial charge in [-0.1, -0.05) is 12.7 Å². The first kappa shape index (κ1) is 14.8. The second-order valence-corrected chi connectivity index (χ2v) is 5.13. The Labute approximate surface area is 117 Å². The van der Waals surface area contributed by atoms with Gasteiger partial charge in [0.1, 0.15) is 6.61 Å². The summed E-state index contributed by atoms with van der Waals surface area (Å²) >= 11 is 0. The van der Waals surface area contributed by atoms with Crippen LogP contribution in [0.2, 0.25) is 0 Å². The number of ether oxygens (including phenoxy) is 2. The molecule has 0 atom stereocenters. The molecule has 112 valence electrons. The molecule has 20 heavy (non-hydrogen) atoms. The van der Waals surface area contributed by atoms with E-state index in [0.717, 1.165) is 0 Å². The fraction of sp³-hybridized carbons (Fsp3) is 0.692. The Balaban J connectivity index is 1.85. The number of carboxylic acids is 1. The molecule has 2 heterocycles. The van der Waals surface area contributed by atoms with E-state index >= 15 is 0 Å². The zero-order valence-corrected chi connectivity index (χ0v) is 11.4. The summed E-state index contributed by atoms with van der Waals surface area (Å²) < 4.78 is 10.2. The van der Waals surface area contributed by atoms with Gasteiger partial charge < -0.3 is 19.5 Å². The minimum atomic E-state index is -0.818. The van der Waals surface area contributed by atoms with Crippen LogP contribution in [0.5, 0.6) is 0 Å². The molecule has 2 fully saturated rings. The van der Waals surface area contributed by atoms with E-state index in [9.17, 15) is 9.59 Å². The van der Waals surface area contributed by atoms with Crippen molar-refractivity contribution in [2.45, 2.75) is 12.0 Å². The highest BCUT2D eigenvalue weighted by molar-refractivity contribution is 5.69. The maximum Gasteiger partial charge on any atom is 0.410 e. The normalized spacial score (nSPS) is 21.9. The summed E-state index contributed by atoms with van der Waals surface area (Å²) in [5.41, 5.74) is -0.400. The minimum Gasteiger partial charge on any atom is -0.481 e. The molecule has 1 N–H and O–H groups in total. The van der Waals surface area contributed by atoms with Crippen LogP contribution >= 0.6 is 0 Å². The standard InChI is InChI=1S/C13H20N2O5/c1-2-7-20-12(18)14-3-5-15(6-4-14)13(8-11(16)17)9-19-10-13/h2H,1,3-10H2,(H,16,17). The van der Waals surface area contributed by atoms with Crippen molar-refractivity contribution in [3.8, 4) is 0 Å². The zero-order valence-electron chi connectivity index (χ0n) is 11.4. The summed E-state index contributed by atoms with van der Waals surface area (Å²) in [5.74, 6) is -0.818. The van der Waals surface area contributed by atoms with Crippen molar-refractivity contribution in [2.75, 3.05) is 46.0 Å². The summed E-state index contributed by atoms with van der Waals surface area (Å²) in [6.07, 6.45) is 1.26. The summed E-state index contributed by atoms with van der Waals surface area (Å²) in [4.78, 5) is 26.4. The predicted octanol–water partition coefficient (Wildman–Crippen LogP) is 0.170. The second-order valence-electron chi connectivity index (χ2n) is 5.13. The molecule has 0 aromatic rings. The molecule has 0 aliphatic carbocycles. The predicted molar refractivity (Wildman–Crippen MR) is 70.5 cm³/mol. The number of aliphatic carboxylic acids is 1. The van der Waals surface area contributed by atoms with Crippen molar-refractivity contribution >= 4 is 12.1 Å². The van der Waals surface area contributed by atoms with Crippen LogP contribution in [0, 0.1) is 0 Å². The van der Waals surface area contributed by atoms with Crippen LogP contribution in [0.25, 0.3) is 0 Å². The first-order valence-electron chi connectivity index (χ1n) is 6.64. The number of hydrogen-bond acceptors (Lipinski definition) is 5. The molecule has 0 saturated carbocycles. The fourth-order valence-electron chi connectivity index (χ4n) is 2.60. The summed E-state index contributed by atoms with van der Waals surface area (Å²) in [7, 11) is 0. The Morgan fingerprint density at radius 3 is 2.40 bits per heavy atom. The van der Waals surface area contributed by atoms with E-state index < -0.39 is 11.5 Å². The maximum absolute atomic E-state index is 11.7. The van der Waals surface area contributed by atoms with Crippen LogP contribution in [0.1, 0.15) is 6.42 Å². The van der Waals surface area contributed by atoms with Crippen molar-refractivity contribution < 1.29 is 24.2 Å². The summed E-state index contributed by atoms with van der Waals surface area (Å²) in [5, 5.41) is 9.01. The molecular formula is C13H20N2O5.